The smallest absolute Gasteiger partial charge is 0.321 e. The van der Waals surface area contributed by atoms with Crippen LogP contribution in [-0.4, -0.2) is 33.6 Å². The van der Waals surface area contributed by atoms with Gasteiger partial charge in [-0.2, -0.15) is 13.9 Å². The molecule has 0 aliphatic carbocycles. The first-order chi connectivity index (χ1) is 17.1. The molecule has 0 bridgehead atoms. The topological polar surface area (TPSA) is 67.2 Å². The fourth-order valence-electron chi connectivity index (χ4n) is 4.49. The van der Waals surface area contributed by atoms with Crippen molar-refractivity contribution in [3.63, 3.8) is 0 Å². The van der Waals surface area contributed by atoms with Crippen LogP contribution >= 0.6 is 11.6 Å². The Morgan fingerprint density at radius 2 is 1.81 bits per heavy atom. The Morgan fingerprint density at radius 1 is 1.08 bits per heavy atom. The minimum absolute atomic E-state index is 0.161. The normalized spacial score (nSPS) is 18.1. The number of rotatable bonds is 5. The minimum Gasteiger partial charge on any atom is -0.345 e. The molecule has 0 spiro atoms. The number of aromatic nitrogens is 2. The molecule has 1 aliphatic rings. The van der Waals surface area contributed by atoms with Gasteiger partial charge in [0.05, 0.1) is 29.5 Å². The molecule has 1 N–H and O–H groups in total. The number of carbonyl (C=O) groups excluding carboxylic acids is 2. The molecule has 1 fully saturated rings. The van der Waals surface area contributed by atoms with E-state index in [2.05, 4.69) is 10.4 Å². The van der Waals surface area contributed by atoms with Gasteiger partial charge < -0.3 is 10.2 Å². The van der Waals surface area contributed by atoms with Crippen LogP contribution < -0.4 is 10.2 Å². The molecule has 4 aromatic rings. The van der Waals surface area contributed by atoms with E-state index in [-0.39, 0.29) is 18.1 Å². The van der Waals surface area contributed by atoms with Crippen molar-refractivity contribution in [2.75, 3.05) is 4.90 Å². The minimum atomic E-state index is -3.59. The number of hydrogen-bond donors (Lipinski definition) is 1. The van der Waals surface area contributed by atoms with Gasteiger partial charge in [0.15, 0.2) is 0 Å². The van der Waals surface area contributed by atoms with E-state index in [0.29, 0.717) is 34.3 Å². The third kappa shape index (κ3) is 4.42. The van der Waals surface area contributed by atoms with Crippen molar-refractivity contribution in [2.45, 2.75) is 31.4 Å². The molecule has 3 aromatic carbocycles. The van der Waals surface area contributed by atoms with Crippen LogP contribution in [0, 0.1) is 5.82 Å². The Hall–Kier alpha value is -3.85. The standard InChI is InChI=1S/C26H20ClF3N4O2/c1-26(29,30)25(36)32-21-13-23(35)33(24(21)15-3-2-4-17(27)11-15)20-9-10-22-16(12-20)14-31-34(22)19-7-5-18(28)6-8-19/h2-12,14,21,24H,13H2,1H3,(H,32,36)/t21-,24?/m0/s1. The summed E-state index contributed by atoms with van der Waals surface area (Å²) in [5.74, 6) is -5.75. The first kappa shape index (κ1) is 23.9. The summed E-state index contributed by atoms with van der Waals surface area (Å²) in [5, 5.41) is 7.85. The lowest BCUT2D eigenvalue weighted by atomic mass is 9.99. The summed E-state index contributed by atoms with van der Waals surface area (Å²) in [7, 11) is 0. The summed E-state index contributed by atoms with van der Waals surface area (Å²) < 4.78 is 42.3. The highest BCUT2D eigenvalue weighted by Crippen LogP contribution is 2.39. The lowest BCUT2D eigenvalue weighted by molar-refractivity contribution is -0.143. The fraction of sp³-hybridized carbons (Fsp3) is 0.192. The number of nitrogens with zero attached hydrogens (tertiary/aromatic N) is 3. The largest absolute Gasteiger partial charge is 0.345 e. The predicted octanol–water partition coefficient (Wildman–Crippen LogP) is 5.44. The number of hydrogen-bond acceptors (Lipinski definition) is 3. The lowest BCUT2D eigenvalue weighted by Gasteiger charge is -2.30. The van der Waals surface area contributed by atoms with Gasteiger partial charge >= 0.3 is 5.92 Å². The fourth-order valence-corrected chi connectivity index (χ4v) is 4.69. The molecule has 6 nitrogen and oxygen atoms in total. The summed E-state index contributed by atoms with van der Waals surface area (Å²) in [6.45, 7) is 0.512. The second-order valence-electron chi connectivity index (χ2n) is 8.71. The Bertz CT molecular complexity index is 1470. The van der Waals surface area contributed by atoms with E-state index in [1.165, 1.54) is 17.0 Å². The van der Waals surface area contributed by atoms with Crippen molar-refractivity contribution < 1.29 is 22.8 Å². The number of fused-ring (bicyclic) bond motifs is 1. The SMILES string of the molecule is CC(F)(F)C(=O)N[C@H]1CC(=O)N(c2ccc3c(cnn3-c3ccc(F)cc3)c2)C1c1cccc(Cl)c1. The number of halogens is 4. The van der Waals surface area contributed by atoms with Crippen LogP contribution in [0.4, 0.5) is 18.9 Å². The molecule has 1 aliphatic heterocycles. The molecule has 2 amide bonds. The monoisotopic (exact) mass is 512 g/mol. The quantitative estimate of drug-likeness (QED) is 0.387. The van der Waals surface area contributed by atoms with Gasteiger partial charge in [0, 0.05) is 29.4 Å². The van der Waals surface area contributed by atoms with E-state index in [1.54, 1.807) is 65.5 Å². The molecule has 0 saturated carbocycles. The molecule has 10 heteroatoms. The number of benzene rings is 3. The molecule has 5 rings (SSSR count). The van der Waals surface area contributed by atoms with Crippen molar-refractivity contribution in [3.05, 3.63) is 89.3 Å². The third-order valence-electron chi connectivity index (χ3n) is 6.13. The van der Waals surface area contributed by atoms with Gasteiger partial charge in [-0.15, -0.1) is 0 Å². The molecule has 1 aromatic heterocycles. The average Bonchev–Trinajstić information content (AvgIpc) is 3.39. The number of alkyl halides is 2. The molecule has 36 heavy (non-hydrogen) atoms. The lowest BCUT2D eigenvalue weighted by Crippen LogP contribution is -2.46. The molecular formula is C26H20ClF3N4O2. The summed E-state index contributed by atoms with van der Waals surface area (Å²) in [6, 6.07) is 16.2. The first-order valence-corrected chi connectivity index (χ1v) is 11.5. The van der Waals surface area contributed by atoms with E-state index in [9.17, 15) is 22.8 Å². The summed E-state index contributed by atoms with van der Waals surface area (Å²) in [5.41, 5.74) is 2.50. The Balaban J connectivity index is 1.55. The number of nitrogens with one attached hydrogen (secondary N) is 1. The number of carbonyl (C=O) groups is 2. The van der Waals surface area contributed by atoms with Crippen LogP contribution in [0.25, 0.3) is 16.6 Å². The van der Waals surface area contributed by atoms with Gasteiger partial charge in [0.25, 0.3) is 5.91 Å². The molecule has 0 radical (unpaired) electrons. The zero-order valence-electron chi connectivity index (χ0n) is 19.0. The van der Waals surface area contributed by atoms with E-state index in [4.69, 9.17) is 11.6 Å². The molecule has 184 valence electrons. The summed E-state index contributed by atoms with van der Waals surface area (Å²) in [4.78, 5) is 26.8. The third-order valence-corrected chi connectivity index (χ3v) is 6.36. The maximum Gasteiger partial charge on any atom is 0.321 e. The zero-order chi connectivity index (χ0) is 25.6. The number of anilines is 1. The van der Waals surface area contributed by atoms with E-state index in [1.807, 2.05) is 0 Å². The second-order valence-corrected chi connectivity index (χ2v) is 9.15. The highest BCUT2D eigenvalue weighted by atomic mass is 35.5. The maximum atomic E-state index is 13.7. The Morgan fingerprint density at radius 3 is 2.50 bits per heavy atom. The van der Waals surface area contributed by atoms with E-state index in [0.717, 1.165) is 5.52 Å². The predicted molar refractivity (Wildman–Crippen MR) is 130 cm³/mol. The van der Waals surface area contributed by atoms with E-state index >= 15 is 0 Å². The van der Waals surface area contributed by atoms with Gasteiger partial charge in [0.1, 0.15) is 5.82 Å². The van der Waals surface area contributed by atoms with Crippen LogP contribution in [0.15, 0.2) is 72.9 Å². The highest BCUT2D eigenvalue weighted by Gasteiger charge is 2.45. The number of amides is 2. The first-order valence-electron chi connectivity index (χ1n) is 11.1. The van der Waals surface area contributed by atoms with Crippen molar-refractivity contribution in [2.24, 2.45) is 0 Å². The van der Waals surface area contributed by atoms with Crippen molar-refractivity contribution in [1.82, 2.24) is 15.1 Å². The van der Waals surface area contributed by atoms with Gasteiger partial charge in [-0.1, -0.05) is 23.7 Å². The molecule has 1 saturated heterocycles. The maximum absolute atomic E-state index is 13.7. The summed E-state index contributed by atoms with van der Waals surface area (Å²) >= 11 is 6.18. The van der Waals surface area contributed by atoms with Crippen LogP contribution in [0.1, 0.15) is 24.9 Å². The van der Waals surface area contributed by atoms with Crippen LogP contribution in [-0.2, 0) is 9.59 Å². The summed E-state index contributed by atoms with van der Waals surface area (Å²) in [6.07, 6.45) is 1.46. The van der Waals surface area contributed by atoms with Gasteiger partial charge in [-0.25, -0.2) is 9.07 Å². The van der Waals surface area contributed by atoms with Crippen LogP contribution in [0.3, 0.4) is 0 Å². The highest BCUT2D eigenvalue weighted by molar-refractivity contribution is 6.30. The molecule has 2 atom stereocenters. The van der Waals surface area contributed by atoms with Gasteiger partial charge in [-0.05, 0) is 60.2 Å². The van der Waals surface area contributed by atoms with Crippen LogP contribution in [0.5, 0.6) is 0 Å². The average molecular weight is 513 g/mol. The van der Waals surface area contributed by atoms with Gasteiger partial charge in [0.2, 0.25) is 5.91 Å². The molecule has 2 heterocycles. The Kier molecular flexibility index (Phi) is 5.96. The second kappa shape index (κ2) is 8.98. The Labute approximate surface area is 209 Å². The van der Waals surface area contributed by atoms with Crippen molar-refractivity contribution >= 4 is 40.0 Å². The van der Waals surface area contributed by atoms with Gasteiger partial charge in [-0.3, -0.25) is 9.59 Å². The van der Waals surface area contributed by atoms with E-state index < -0.39 is 23.9 Å². The van der Waals surface area contributed by atoms with Crippen molar-refractivity contribution in [1.29, 1.82) is 0 Å². The molecular weight excluding hydrogens is 493 g/mol. The van der Waals surface area contributed by atoms with Crippen LogP contribution in [0.2, 0.25) is 5.02 Å². The molecule has 1 unspecified atom stereocenters. The van der Waals surface area contributed by atoms with Crippen molar-refractivity contribution in [3.8, 4) is 5.69 Å². The zero-order valence-corrected chi connectivity index (χ0v) is 19.7.